The van der Waals surface area contributed by atoms with Gasteiger partial charge < -0.3 is 9.67 Å². The molecule has 1 N–H and O–H groups in total. The second-order valence-corrected chi connectivity index (χ2v) is 5.11. The van der Waals surface area contributed by atoms with Crippen LogP contribution in [0.4, 0.5) is 13.2 Å². The Morgan fingerprint density at radius 1 is 1.53 bits per heavy atom. The van der Waals surface area contributed by atoms with E-state index in [9.17, 15) is 18.3 Å². The molecule has 0 radical (unpaired) electrons. The van der Waals surface area contributed by atoms with Gasteiger partial charge in [0.1, 0.15) is 12.4 Å². The summed E-state index contributed by atoms with van der Waals surface area (Å²) >= 11 is 0. The number of aromatic nitrogens is 2. The van der Waals surface area contributed by atoms with Crippen molar-refractivity contribution in [3.8, 4) is 0 Å². The van der Waals surface area contributed by atoms with Crippen molar-refractivity contribution in [3.05, 3.63) is 18.2 Å². The zero-order chi connectivity index (χ0) is 14.0. The van der Waals surface area contributed by atoms with Crippen LogP contribution < -0.4 is 0 Å². The minimum Gasteiger partial charge on any atom is -0.393 e. The number of hydrogen-bond donors (Lipinski definition) is 1. The van der Waals surface area contributed by atoms with Crippen LogP contribution in [0.2, 0.25) is 0 Å². The van der Waals surface area contributed by atoms with Crippen molar-refractivity contribution < 1.29 is 18.3 Å². The molecule has 0 amide bonds. The number of aliphatic hydroxyl groups excluding tert-OH is 1. The van der Waals surface area contributed by atoms with Crippen LogP contribution >= 0.6 is 0 Å². The molecule has 2 atom stereocenters. The second-order valence-electron chi connectivity index (χ2n) is 5.11. The van der Waals surface area contributed by atoms with Gasteiger partial charge in [-0.2, -0.15) is 13.2 Å². The van der Waals surface area contributed by atoms with Crippen LogP contribution in [0, 0.1) is 5.92 Å². The monoisotopic (exact) mass is 277 g/mol. The number of nitrogens with zero attached hydrogens (tertiary/aromatic N) is 3. The topological polar surface area (TPSA) is 41.3 Å². The molecule has 0 bridgehead atoms. The van der Waals surface area contributed by atoms with Crippen molar-refractivity contribution in [2.24, 2.45) is 5.92 Å². The van der Waals surface area contributed by atoms with E-state index in [4.69, 9.17) is 0 Å². The van der Waals surface area contributed by atoms with E-state index in [-0.39, 0.29) is 12.0 Å². The minimum atomic E-state index is -4.23. The number of imidazole rings is 1. The summed E-state index contributed by atoms with van der Waals surface area (Å²) in [6.07, 6.45) is -0.992. The number of likely N-dealkylation sites (tertiary alicyclic amines) is 1. The molecule has 1 aliphatic rings. The maximum Gasteiger partial charge on any atom is 0.406 e. The molecule has 0 spiro atoms. The average molecular weight is 277 g/mol. The van der Waals surface area contributed by atoms with Crippen LogP contribution in [0.5, 0.6) is 0 Å². The number of halogens is 3. The second kappa shape index (κ2) is 5.50. The van der Waals surface area contributed by atoms with E-state index in [0.717, 1.165) is 17.5 Å². The molecule has 2 heterocycles. The van der Waals surface area contributed by atoms with Crippen LogP contribution in [0.25, 0.3) is 0 Å². The van der Waals surface area contributed by atoms with E-state index >= 15 is 0 Å². The summed E-state index contributed by atoms with van der Waals surface area (Å²) in [4.78, 5) is 6.03. The summed E-state index contributed by atoms with van der Waals surface area (Å²) in [6.45, 7) is 2.63. The van der Waals surface area contributed by atoms with Crippen molar-refractivity contribution in [2.75, 3.05) is 13.1 Å². The third-order valence-electron chi connectivity index (χ3n) is 3.51. The lowest BCUT2D eigenvalue weighted by Gasteiger charge is -2.18. The molecule has 2 unspecified atom stereocenters. The molecule has 0 aliphatic carbocycles. The molecular weight excluding hydrogens is 259 g/mol. The highest BCUT2D eigenvalue weighted by molar-refractivity contribution is 4.94. The van der Waals surface area contributed by atoms with Gasteiger partial charge in [0.15, 0.2) is 0 Å². The van der Waals surface area contributed by atoms with Gasteiger partial charge in [-0.1, -0.05) is 0 Å². The van der Waals surface area contributed by atoms with Crippen molar-refractivity contribution in [3.63, 3.8) is 0 Å². The van der Waals surface area contributed by atoms with E-state index in [1.165, 1.54) is 12.4 Å². The molecule has 1 fully saturated rings. The van der Waals surface area contributed by atoms with Crippen LogP contribution in [-0.2, 0) is 13.1 Å². The van der Waals surface area contributed by atoms with Crippen LogP contribution in [0.3, 0.4) is 0 Å². The molecule has 1 saturated heterocycles. The molecule has 2 rings (SSSR count). The molecule has 0 saturated carbocycles. The predicted octanol–water partition coefficient (Wildman–Crippen LogP) is 1.65. The third-order valence-corrected chi connectivity index (χ3v) is 3.51. The maximum atomic E-state index is 12.4. The zero-order valence-corrected chi connectivity index (χ0v) is 10.8. The zero-order valence-electron chi connectivity index (χ0n) is 10.8. The molecular formula is C12H18F3N3O. The Morgan fingerprint density at radius 3 is 2.84 bits per heavy atom. The largest absolute Gasteiger partial charge is 0.406 e. The van der Waals surface area contributed by atoms with E-state index < -0.39 is 12.7 Å². The molecule has 1 aromatic rings. The van der Waals surface area contributed by atoms with E-state index in [1.807, 2.05) is 4.90 Å². The minimum absolute atomic E-state index is 0.200. The van der Waals surface area contributed by atoms with Crippen LogP contribution in [0.15, 0.2) is 12.4 Å². The summed E-state index contributed by atoms with van der Waals surface area (Å²) in [5.74, 6) is 0.620. The summed E-state index contributed by atoms with van der Waals surface area (Å²) < 4.78 is 38.3. The van der Waals surface area contributed by atoms with Gasteiger partial charge in [-0.15, -0.1) is 0 Å². The Kier molecular flexibility index (Phi) is 4.15. The number of rotatable bonds is 4. The normalized spacial score (nSPS) is 22.9. The van der Waals surface area contributed by atoms with Crippen LogP contribution in [0.1, 0.15) is 19.2 Å². The van der Waals surface area contributed by atoms with Gasteiger partial charge in [0.05, 0.1) is 12.6 Å². The summed E-state index contributed by atoms with van der Waals surface area (Å²) in [5, 5.41) is 9.51. The fourth-order valence-electron chi connectivity index (χ4n) is 2.43. The Balaban J connectivity index is 1.95. The fourth-order valence-corrected chi connectivity index (χ4v) is 2.43. The van der Waals surface area contributed by atoms with Crippen molar-refractivity contribution in [1.82, 2.24) is 14.5 Å². The first-order valence-electron chi connectivity index (χ1n) is 6.32. The Hall–Kier alpha value is -1.08. The molecule has 108 valence electrons. The van der Waals surface area contributed by atoms with Gasteiger partial charge in [0.2, 0.25) is 0 Å². The summed E-state index contributed by atoms with van der Waals surface area (Å²) in [5.41, 5.74) is 0. The first-order valence-corrected chi connectivity index (χ1v) is 6.32. The summed E-state index contributed by atoms with van der Waals surface area (Å²) in [6, 6.07) is 0. The van der Waals surface area contributed by atoms with E-state index in [2.05, 4.69) is 4.98 Å². The summed E-state index contributed by atoms with van der Waals surface area (Å²) in [7, 11) is 0. The van der Waals surface area contributed by atoms with Gasteiger partial charge in [-0.3, -0.25) is 4.90 Å². The first-order chi connectivity index (χ1) is 8.85. The van der Waals surface area contributed by atoms with Crippen molar-refractivity contribution >= 4 is 0 Å². The fraction of sp³-hybridized carbons (Fsp3) is 0.750. The average Bonchev–Trinajstić information content (AvgIpc) is 2.87. The van der Waals surface area contributed by atoms with Gasteiger partial charge in [-0.05, 0) is 25.8 Å². The lowest BCUT2D eigenvalue weighted by molar-refractivity contribution is -0.141. The highest BCUT2D eigenvalue weighted by Crippen LogP contribution is 2.22. The molecule has 19 heavy (non-hydrogen) atoms. The van der Waals surface area contributed by atoms with Gasteiger partial charge in [0.25, 0.3) is 0 Å². The lowest BCUT2D eigenvalue weighted by atomic mass is 10.0. The number of alkyl halides is 3. The SMILES string of the molecule is CC(O)C1CCN(Cc2nccn2CC(F)(F)F)C1. The highest BCUT2D eigenvalue weighted by Gasteiger charge is 2.30. The molecule has 1 aliphatic heterocycles. The standard InChI is InChI=1S/C12H18F3N3O/c1-9(19)10-2-4-17(6-10)7-11-16-3-5-18(11)8-12(13,14)15/h3,5,9-10,19H,2,4,6-8H2,1H3. The quantitative estimate of drug-likeness (QED) is 0.910. The number of hydrogen-bond acceptors (Lipinski definition) is 3. The Morgan fingerprint density at radius 2 is 2.26 bits per heavy atom. The lowest BCUT2D eigenvalue weighted by Crippen LogP contribution is -2.27. The Labute approximate surface area is 109 Å². The van der Waals surface area contributed by atoms with Crippen molar-refractivity contribution in [2.45, 2.75) is 38.7 Å². The molecule has 0 aromatic carbocycles. The predicted molar refractivity (Wildman–Crippen MR) is 63.3 cm³/mol. The Bertz CT molecular complexity index is 417. The van der Waals surface area contributed by atoms with Gasteiger partial charge in [-0.25, -0.2) is 4.98 Å². The first kappa shape index (κ1) is 14.3. The molecule has 7 heteroatoms. The van der Waals surface area contributed by atoms with E-state index in [0.29, 0.717) is 18.9 Å². The number of aliphatic hydroxyl groups is 1. The maximum absolute atomic E-state index is 12.4. The highest BCUT2D eigenvalue weighted by atomic mass is 19.4. The van der Waals surface area contributed by atoms with Gasteiger partial charge >= 0.3 is 6.18 Å². The molecule has 1 aromatic heterocycles. The van der Waals surface area contributed by atoms with Crippen molar-refractivity contribution in [1.29, 1.82) is 0 Å². The van der Waals surface area contributed by atoms with Crippen LogP contribution in [-0.4, -0.2) is 44.9 Å². The third kappa shape index (κ3) is 3.94. The molecule has 4 nitrogen and oxygen atoms in total. The van der Waals surface area contributed by atoms with Gasteiger partial charge in [0, 0.05) is 18.9 Å². The van der Waals surface area contributed by atoms with E-state index in [1.54, 1.807) is 6.92 Å². The smallest absolute Gasteiger partial charge is 0.393 e.